The van der Waals surface area contributed by atoms with E-state index in [1.54, 1.807) is 0 Å². The van der Waals surface area contributed by atoms with Gasteiger partial charge in [-0.25, -0.2) is 4.98 Å². The third kappa shape index (κ3) is 3.47. The van der Waals surface area contributed by atoms with E-state index in [2.05, 4.69) is 130 Å². The lowest BCUT2D eigenvalue weighted by Gasteiger charge is -2.11. The summed E-state index contributed by atoms with van der Waals surface area (Å²) >= 11 is 0. The van der Waals surface area contributed by atoms with Crippen LogP contribution in [0.5, 0.6) is 0 Å². The van der Waals surface area contributed by atoms with E-state index in [1.165, 1.54) is 27.4 Å². The molecule has 0 radical (unpaired) electrons. The summed E-state index contributed by atoms with van der Waals surface area (Å²) in [5.41, 5.74) is 9.34. The predicted molar refractivity (Wildman–Crippen MR) is 181 cm³/mol. The van der Waals surface area contributed by atoms with E-state index >= 15 is 0 Å². The number of pyridine rings is 1. The molecule has 0 spiro atoms. The molecule has 9 aromatic rings. The molecule has 204 valence electrons. The largest absolute Gasteiger partial charge is 0.309 e. The van der Waals surface area contributed by atoms with Gasteiger partial charge in [0.15, 0.2) is 0 Å². The van der Waals surface area contributed by atoms with E-state index in [0.29, 0.717) is 5.56 Å². The van der Waals surface area contributed by atoms with Crippen molar-refractivity contribution in [2.24, 2.45) is 0 Å². The molecule has 0 unspecified atom stereocenters. The molecular weight excluding hydrogens is 536 g/mol. The molecule has 3 aromatic heterocycles. The zero-order chi connectivity index (χ0) is 29.2. The van der Waals surface area contributed by atoms with Crippen LogP contribution in [-0.2, 0) is 0 Å². The van der Waals surface area contributed by atoms with Gasteiger partial charge in [0.2, 0.25) is 0 Å². The topological polar surface area (TPSA) is 46.5 Å². The van der Waals surface area contributed by atoms with Gasteiger partial charge in [-0.2, -0.15) is 5.26 Å². The fourth-order valence-electron chi connectivity index (χ4n) is 6.87. The van der Waals surface area contributed by atoms with E-state index in [1.807, 2.05) is 30.3 Å². The van der Waals surface area contributed by atoms with Gasteiger partial charge in [0.1, 0.15) is 5.82 Å². The molecule has 0 saturated carbocycles. The average Bonchev–Trinajstić information content (AvgIpc) is 3.61. The van der Waals surface area contributed by atoms with Crippen LogP contribution in [-0.4, -0.2) is 14.1 Å². The van der Waals surface area contributed by atoms with Gasteiger partial charge >= 0.3 is 0 Å². The van der Waals surface area contributed by atoms with Crippen molar-refractivity contribution in [2.45, 2.75) is 0 Å². The van der Waals surface area contributed by atoms with Gasteiger partial charge in [-0.1, -0.05) is 97.1 Å². The molecule has 9 rings (SSSR count). The number of hydrogen-bond acceptors (Lipinski definition) is 2. The predicted octanol–water partition coefficient (Wildman–Crippen LogP) is 9.97. The van der Waals surface area contributed by atoms with Crippen molar-refractivity contribution >= 4 is 54.5 Å². The van der Waals surface area contributed by atoms with Crippen LogP contribution >= 0.6 is 0 Å². The van der Waals surface area contributed by atoms with Crippen LogP contribution in [0.25, 0.3) is 77.1 Å². The smallest absolute Gasteiger partial charge is 0.139 e. The van der Waals surface area contributed by atoms with E-state index in [4.69, 9.17) is 4.98 Å². The van der Waals surface area contributed by atoms with Crippen molar-refractivity contribution in [3.8, 4) is 28.7 Å². The molecule has 6 aromatic carbocycles. The minimum absolute atomic E-state index is 0.617. The third-order valence-corrected chi connectivity index (χ3v) is 8.75. The maximum Gasteiger partial charge on any atom is 0.139 e. The van der Waals surface area contributed by atoms with Gasteiger partial charge < -0.3 is 4.57 Å². The Morgan fingerprint density at radius 1 is 0.500 bits per heavy atom. The van der Waals surface area contributed by atoms with Gasteiger partial charge in [-0.3, -0.25) is 4.57 Å². The van der Waals surface area contributed by atoms with Crippen LogP contribution in [0.2, 0.25) is 0 Å². The van der Waals surface area contributed by atoms with Crippen LogP contribution < -0.4 is 0 Å². The van der Waals surface area contributed by atoms with Crippen molar-refractivity contribution < 1.29 is 0 Å². The Balaban J connectivity index is 1.36. The number of rotatable bonds is 3. The average molecular weight is 561 g/mol. The molecule has 0 fully saturated rings. The zero-order valence-corrected chi connectivity index (χ0v) is 23.6. The molecule has 0 atom stereocenters. The van der Waals surface area contributed by atoms with Crippen molar-refractivity contribution in [3.63, 3.8) is 0 Å². The lowest BCUT2D eigenvalue weighted by atomic mass is 9.98. The highest BCUT2D eigenvalue weighted by atomic mass is 15.1. The first-order valence-corrected chi connectivity index (χ1v) is 14.7. The molecule has 4 heteroatoms. The molecule has 0 amide bonds. The normalized spacial score (nSPS) is 11.6. The number of hydrogen-bond donors (Lipinski definition) is 0. The van der Waals surface area contributed by atoms with Gasteiger partial charge in [-0.15, -0.1) is 0 Å². The summed E-state index contributed by atoms with van der Waals surface area (Å²) in [7, 11) is 0. The second-order valence-electron chi connectivity index (χ2n) is 11.1. The molecule has 0 aliphatic carbocycles. The molecule has 4 nitrogen and oxygen atoms in total. The van der Waals surface area contributed by atoms with E-state index in [0.717, 1.165) is 49.8 Å². The second kappa shape index (κ2) is 9.42. The Hall–Kier alpha value is -6.18. The lowest BCUT2D eigenvalue weighted by Crippen LogP contribution is -1.99. The first kappa shape index (κ1) is 24.4. The number of nitriles is 1. The van der Waals surface area contributed by atoms with Crippen molar-refractivity contribution in [1.29, 1.82) is 5.26 Å². The number of benzene rings is 6. The van der Waals surface area contributed by atoms with Crippen LogP contribution in [0.15, 0.2) is 146 Å². The third-order valence-electron chi connectivity index (χ3n) is 8.75. The highest BCUT2D eigenvalue weighted by molar-refractivity contribution is 6.17. The number of para-hydroxylation sites is 4. The molecule has 0 bridgehead atoms. The Kier molecular flexibility index (Phi) is 5.23. The summed E-state index contributed by atoms with van der Waals surface area (Å²) < 4.78 is 4.56. The molecule has 0 aliphatic rings. The Labute approximate surface area is 253 Å². The van der Waals surface area contributed by atoms with E-state index < -0.39 is 0 Å². The number of aromatic nitrogens is 3. The standard InChI is InChI=1S/C40H24N4/c41-25-27-24-39(42-34-17-7-4-13-29(27)34)44-35-18-8-5-14-31(35)32-22-21-26(23-38(32)44)30-16-10-20-37-40(30)33-15-6-9-19-36(33)43(37)28-11-2-1-3-12-28/h1-24H. The van der Waals surface area contributed by atoms with E-state index in [9.17, 15) is 5.26 Å². The minimum Gasteiger partial charge on any atom is -0.309 e. The molecular formula is C40H24N4. The molecule has 0 N–H and O–H groups in total. The van der Waals surface area contributed by atoms with Crippen molar-refractivity contribution in [1.82, 2.24) is 14.1 Å². The molecule has 0 aliphatic heterocycles. The first-order valence-electron chi connectivity index (χ1n) is 14.7. The Morgan fingerprint density at radius 2 is 1.16 bits per heavy atom. The van der Waals surface area contributed by atoms with Crippen LogP contribution in [0.1, 0.15) is 5.56 Å². The fourth-order valence-corrected chi connectivity index (χ4v) is 6.87. The lowest BCUT2D eigenvalue weighted by molar-refractivity contribution is 1.10. The summed E-state index contributed by atoms with van der Waals surface area (Å²) in [6.07, 6.45) is 0. The highest BCUT2D eigenvalue weighted by Gasteiger charge is 2.19. The molecule has 0 saturated heterocycles. The summed E-state index contributed by atoms with van der Waals surface area (Å²) in [6.45, 7) is 0. The van der Waals surface area contributed by atoms with Crippen LogP contribution in [0, 0.1) is 11.3 Å². The van der Waals surface area contributed by atoms with Crippen LogP contribution in [0.4, 0.5) is 0 Å². The molecule has 44 heavy (non-hydrogen) atoms. The molecule has 3 heterocycles. The van der Waals surface area contributed by atoms with Gasteiger partial charge in [0, 0.05) is 32.6 Å². The van der Waals surface area contributed by atoms with Gasteiger partial charge in [-0.05, 0) is 59.7 Å². The Bertz CT molecular complexity index is 2620. The highest BCUT2D eigenvalue weighted by Crippen LogP contribution is 2.41. The van der Waals surface area contributed by atoms with Crippen molar-refractivity contribution in [3.05, 3.63) is 151 Å². The SMILES string of the molecule is N#Cc1cc(-n2c3ccccc3c3ccc(-c4cccc5c4c4ccccc4n5-c4ccccc4)cc32)nc2ccccc12. The van der Waals surface area contributed by atoms with E-state index in [-0.39, 0.29) is 0 Å². The summed E-state index contributed by atoms with van der Waals surface area (Å²) in [6, 6.07) is 53.1. The number of nitrogens with zero attached hydrogens (tertiary/aromatic N) is 4. The van der Waals surface area contributed by atoms with Crippen molar-refractivity contribution in [2.75, 3.05) is 0 Å². The quantitative estimate of drug-likeness (QED) is 0.216. The fraction of sp³-hybridized carbons (Fsp3) is 0. The monoisotopic (exact) mass is 560 g/mol. The summed E-state index contributed by atoms with van der Waals surface area (Å²) in [4.78, 5) is 5.07. The Morgan fingerprint density at radius 3 is 1.98 bits per heavy atom. The summed E-state index contributed by atoms with van der Waals surface area (Å²) in [5, 5.41) is 15.7. The maximum absolute atomic E-state index is 10.1. The minimum atomic E-state index is 0.617. The number of fused-ring (bicyclic) bond motifs is 7. The van der Waals surface area contributed by atoms with Crippen LogP contribution in [0.3, 0.4) is 0 Å². The van der Waals surface area contributed by atoms with Gasteiger partial charge in [0.25, 0.3) is 0 Å². The summed E-state index contributed by atoms with van der Waals surface area (Å²) in [5.74, 6) is 0.738. The van der Waals surface area contributed by atoms with Gasteiger partial charge in [0.05, 0.1) is 39.2 Å². The second-order valence-corrected chi connectivity index (χ2v) is 11.1. The zero-order valence-electron chi connectivity index (χ0n) is 23.6. The first-order chi connectivity index (χ1) is 21.8. The maximum atomic E-state index is 10.1.